The first-order valence-electron chi connectivity index (χ1n) is 8.12. The zero-order valence-electron chi connectivity index (χ0n) is 14.5. The number of ether oxygens (including phenoxy) is 1. The van der Waals surface area contributed by atoms with Crippen molar-refractivity contribution >= 4 is 27.2 Å². The molecular weight excluding hydrogens is 364 g/mol. The third-order valence-electron chi connectivity index (χ3n) is 3.81. The van der Waals surface area contributed by atoms with Gasteiger partial charge in [0, 0.05) is 5.69 Å². The Bertz CT molecular complexity index is 1040. The van der Waals surface area contributed by atoms with Crippen LogP contribution in [0.1, 0.15) is 0 Å². The van der Waals surface area contributed by atoms with Gasteiger partial charge in [-0.3, -0.25) is 0 Å². The summed E-state index contributed by atoms with van der Waals surface area (Å²) in [4.78, 5) is 12.5. The monoisotopic (exact) mass is 382 g/mol. The molecule has 0 heterocycles. The number of nitrogens with one attached hydrogen (secondary N) is 2. The van der Waals surface area contributed by atoms with Crippen molar-refractivity contribution in [1.29, 1.82) is 0 Å². The number of carbonyl (C=O) groups is 1. The minimum absolute atomic E-state index is 0.0597. The summed E-state index contributed by atoms with van der Waals surface area (Å²) in [6.07, 6.45) is 0. The van der Waals surface area contributed by atoms with Gasteiger partial charge in [-0.05, 0) is 42.5 Å². The van der Waals surface area contributed by atoms with E-state index in [1.165, 1.54) is 37.4 Å². The van der Waals surface area contributed by atoms with E-state index in [2.05, 4.69) is 10.6 Å². The molecule has 0 spiro atoms. The maximum atomic E-state index is 12.8. The van der Waals surface area contributed by atoms with Gasteiger partial charge in [-0.1, -0.05) is 36.4 Å². The molecule has 27 heavy (non-hydrogen) atoms. The number of para-hydroxylation sites is 1. The Kier molecular flexibility index (Phi) is 5.42. The Morgan fingerprint density at radius 2 is 1.44 bits per heavy atom. The minimum Gasteiger partial charge on any atom is -0.495 e. The highest BCUT2D eigenvalue weighted by Crippen LogP contribution is 2.30. The quantitative estimate of drug-likeness (QED) is 0.693. The number of methoxy groups -OCH3 is 1. The maximum Gasteiger partial charge on any atom is 0.323 e. The van der Waals surface area contributed by atoms with Gasteiger partial charge in [-0.15, -0.1) is 0 Å². The van der Waals surface area contributed by atoms with E-state index in [1.807, 2.05) is 6.07 Å². The Hall–Kier alpha value is -3.32. The molecule has 138 valence electrons. The third kappa shape index (κ3) is 4.27. The first-order valence-corrected chi connectivity index (χ1v) is 9.60. The fourth-order valence-electron chi connectivity index (χ4n) is 2.49. The van der Waals surface area contributed by atoms with Crippen LogP contribution in [0.2, 0.25) is 0 Å². The highest BCUT2D eigenvalue weighted by molar-refractivity contribution is 7.91. The topological polar surface area (TPSA) is 84.5 Å². The Labute approximate surface area is 157 Å². The molecule has 2 N–H and O–H groups in total. The lowest BCUT2D eigenvalue weighted by Gasteiger charge is -2.13. The largest absolute Gasteiger partial charge is 0.495 e. The number of benzene rings is 3. The molecule has 0 saturated heterocycles. The lowest BCUT2D eigenvalue weighted by Crippen LogP contribution is -2.20. The van der Waals surface area contributed by atoms with Gasteiger partial charge >= 0.3 is 6.03 Å². The molecule has 0 bridgehead atoms. The second kappa shape index (κ2) is 7.92. The van der Waals surface area contributed by atoms with Crippen LogP contribution in [0.15, 0.2) is 88.7 Å². The van der Waals surface area contributed by atoms with Gasteiger partial charge in [-0.2, -0.15) is 0 Å². The molecule has 0 saturated carbocycles. The molecule has 0 aromatic heterocycles. The number of urea groups is 1. The summed E-state index contributed by atoms with van der Waals surface area (Å²) in [6, 6.07) is 20.8. The van der Waals surface area contributed by atoms with Crippen molar-refractivity contribution in [3.05, 3.63) is 78.9 Å². The lowest BCUT2D eigenvalue weighted by molar-refractivity contribution is 0.262. The fourth-order valence-corrected chi connectivity index (χ4v) is 3.80. The molecule has 0 aliphatic carbocycles. The van der Waals surface area contributed by atoms with Crippen molar-refractivity contribution in [2.75, 3.05) is 17.7 Å². The van der Waals surface area contributed by atoms with Gasteiger partial charge < -0.3 is 15.4 Å². The molecule has 0 aliphatic heterocycles. The van der Waals surface area contributed by atoms with E-state index in [9.17, 15) is 13.2 Å². The Morgan fingerprint density at radius 1 is 0.815 bits per heavy atom. The van der Waals surface area contributed by atoms with Gasteiger partial charge in [0.25, 0.3) is 0 Å². The normalized spacial score (nSPS) is 10.9. The number of carbonyl (C=O) groups excluding carboxylic acids is 1. The highest BCUT2D eigenvalue weighted by atomic mass is 32.2. The summed E-state index contributed by atoms with van der Waals surface area (Å²) >= 11 is 0. The summed E-state index contributed by atoms with van der Waals surface area (Å²) in [5, 5.41) is 5.31. The van der Waals surface area contributed by atoms with Crippen molar-refractivity contribution < 1.29 is 17.9 Å². The van der Waals surface area contributed by atoms with Crippen LogP contribution in [0.3, 0.4) is 0 Å². The predicted molar refractivity (Wildman–Crippen MR) is 104 cm³/mol. The third-order valence-corrected chi connectivity index (χ3v) is 5.58. The molecular formula is C20H18N2O4S. The summed E-state index contributed by atoms with van der Waals surface area (Å²) < 4.78 is 30.8. The first kappa shape index (κ1) is 18.5. The number of hydrogen-bond donors (Lipinski definition) is 2. The second-order valence-corrected chi connectivity index (χ2v) is 7.57. The molecule has 6 nitrogen and oxygen atoms in total. The van der Waals surface area contributed by atoms with Gasteiger partial charge in [-0.25, -0.2) is 13.2 Å². The number of hydrogen-bond acceptors (Lipinski definition) is 4. The number of sulfone groups is 1. The van der Waals surface area contributed by atoms with Crippen LogP contribution in [0, 0.1) is 0 Å². The van der Waals surface area contributed by atoms with E-state index < -0.39 is 15.9 Å². The van der Waals surface area contributed by atoms with Crippen LogP contribution in [0.25, 0.3) is 0 Å². The van der Waals surface area contributed by atoms with Crippen molar-refractivity contribution in [1.82, 2.24) is 0 Å². The van der Waals surface area contributed by atoms with Gasteiger partial charge in [0.05, 0.1) is 22.6 Å². The van der Waals surface area contributed by atoms with Gasteiger partial charge in [0.15, 0.2) is 0 Å². The van der Waals surface area contributed by atoms with E-state index in [-0.39, 0.29) is 15.5 Å². The zero-order chi connectivity index (χ0) is 19.3. The number of rotatable bonds is 5. The second-order valence-electron chi connectivity index (χ2n) is 5.62. The molecule has 3 aromatic carbocycles. The summed E-state index contributed by atoms with van der Waals surface area (Å²) in [6.45, 7) is 0. The molecule has 7 heteroatoms. The van der Waals surface area contributed by atoms with Crippen LogP contribution in [0.5, 0.6) is 5.75 Å². The van der Waals surface area contributed by atoms with Gasteiger partial charge in [0.2, 0.25) is 9.84 Å². The molecule has 0 aliphatic rings. The van der Waals surface area contributed by atoms with Crippen molar-refractivity contribution in [3.8, 4) is 5.75 Å². The molecule has 3 aromatic rings. The van der Waals surface area contributed by atoms with E-state index >= 15 is 0 Å². The molecule has 0 atom stereocenters. The van der Waals surface area contributed by atoms with Crippen LogP contribution in [-0.2, 0) is 9.84 Å². The predicted octanol–water partition coefficient (Wildman–Crippen LogP) is 4.17. The Morgan fingerprint density at radius 3 is 2.07 bits per heavy atom. The summed E-state index contributed by atoms with van der Waals surface area (Å²) in [7, 11) is -2.26. The smallest absolute Gasteiger partial charge is 0.323 e. The van der Waals surface area contributed by atoms with Crippen LogP contribution < -0.4 is 15.4 Å². The van der Waals surface area contributed by atoms with Crippen molar-refractivity contribution in [2.45, 2.75) is 9.79 Å². The zero-order valence-corrected chi connectivity index (χ0v) is 15.4. The first-order chi connectivity index (χ1) is 13.0. The maximum absolute atomic E-state index is 12.8. The highest BCUT2D eigenvalue weighted by Gasteiger charge is 2.20. The van der Waals surface area contributed by atoms with Crippen molar-refractivity contribution in [2.24, 2.45) is 0 Å². The average molecular weight is 382 g/mol. The molecule has 0 unspecified atom stereocenters. The Balaban J connectivity index is 1.89. The van der Waals surface area contributed by atoms with Crippen LogP contribution >= 0.6 is 0 Å². The molecule has 0 radical (unpaired) electrons. The lowest BCUT2D eigenvalue weighted by atomic mass is 10.3. The van der Waals surface area contributed by atoms with Gasteiger partial charge in [0.1, 0.15) is 5.75 Å². The minimum atomic E-state index is -3.71. The standard InChI is InChI=1S/C20H18N2O4S/c1-26-19-13-12-17(27(24,25)16-10-6-3-7-11-16)14-18(19)22-20(23)21-15-8-4-2-5-9-15/h2-14H,1H3,(H2,21,22,23). The van der Waals surface area contributed by atoms with Crippen molar-refractivity contribution in [3.63, 3.8) is 0 Å². The van der Waals surface area contributed by atoms with E-state index in [4.69, 9.17) is 4.74 Å². The molecule has 3 rings (SSSR count). The molecule has 2 amide bonds. The number of anilines is 2. The summed E-state index contributed by atoms with van der Waals surface area (Å²) in [5.41, 5.74) is 0.866. The van der Waals surface area contributed by atoms with E-state index in [1.54, 1.807) is 42.5 Å². The average Bonchev–Trinajstić information content (AvgIpc) is 2.69. The number of amides is 2. The van der Waals surface area contributed by atoms with E-state index in [0.717, 1.165) is 0 Å². The van der Waals surface area contributed by atoms with Crippen LogP contribution in [-0.4, -0.2) is 21.6 Å². The fraction of sp³-hybridized carbons (Fsp3) is 0.0500. The van der Waals surface area contributed by atoms with E-state index in [0.29, 0.717) is 11.4 Å². The SMILES string of the molecule is COc1ccc(S(=O)(=O)c2ccccc2)cc1NC(=O)Nc1ccccc1. The van der Waals surface area contributed by atoms with Crippen LogP contribution in [0.4, 0.5) is 16.2 Å². The summed E-state index contributed by atoms with van der Waals surface area (Å²) in [5.74, 6) is 0.352. The molecule has 0 fully saturated rings.